The minimum Gasteiger partial charge on any atom is -0.478 e. The maximum atomic E-state index is 11.4. The third kappa shape index (κ3) is 2.33. The van der Waals surface area contributed by atoms with Crippen LogP contribution < -0.4 is 0 Å². The minimum absolute atomic E-state index is 0.321. The number of hydrogen-bond acceptors (Lipinski definition) is 3. The molecule has 3 aromatic rings. The predicted molar refractivity (Wildman–Crippen MR) is 79.9 cm³/mol. The van der Waals surface area contributed by atoms with Gasteiger partial charge < -0.3 is 5.11 Å². The Bertz CT molecular complexity index is 736. The second kappa shape index (κ2) is 5.27. The number of benzene rings is 1. The van der Waals surface area contributed by atoms with Crippen LogP contribution in [0.25, 0.3) is 20.9 Å². The lowest BCUT2D eigenvalue weighted by Gasteiger charge is -1.98. The Morgan fingerprint density at radius 3 is 2.45 bits per heavy atom. The first-order chi connectivity index (χ1) is 9.75. The molecule has 98 valence electrons. The third-order valence-electron chi connectivity index (χ3n) is 2.94. The van der Waals surface area contributed by atoms with Crippen molar-refractivity contribution in [2.75, 3.05) is 0 Å². The summed E-state index contributed by atoms with van der Waals surface area (Å²) in [5.74, 6) is -0.915. The molecule has 4 heteroatoms. The second-order valence-electron chi connectivity index (χ2n) is 4.27. The molecule has 0 aliphatic heterocycles. The fraction of sp³-hybridized carbons (Fsp3) is 0. The van der Waals surface area contributed by atoms with Gasteiger partial charge in [0.1, 0.15) is 0 Å². The van der Waals surface area contributed by atoms with E-state index in [0.29, 0.717) is 5.56 Å². The highest BCUT2D eigenvalue weighted by Gasteiger charge is 2.17. The van der Waals surface area contributed by atoms with Gasteiger partial charge in [-0.1, -0.05) is 36.4 Å². The van der Waals surface area contributed by atoms with Crippen molar-refractivity contribution in [3.63, 3.8) is 0 Å². The van der Waals surface area contributed by atoms with E-state index in [1.165, 1.54) is 11.3 Å². The summed E-state index contributed by atoms with van der Waals surface area (Å²) < 4.78 is 0. The van der Waals surface area contributed by atoms with Gasteiger partial charge in [0, 0.05) is 22.8 Å². The first kappa shape index (κ1) is 12.6. The number of thiophene rings is 1. The number of hydrogen-bond donors (Lipinski definition) is 1. The van der Waals surface area contributed by atoms with Gasteiger partial charge in [-0.2, -0.15) is 0 Å². The zero-order valence-corrected chi connectivity index (χ0v) is 11.3. The molecule has 1 N–H and O–H groups in total. The Morgan fingerprint density at radius 1 is 1.05 bits per heavy atom. The van der Waals surface area contributed by atoms with Crippen LogP contribution in [0.5, 0.6) is 0 Å². The van der Waals surface area contributed by atoms with E-state index in [-0.39, 0.29) is 0 Å². The summed E-state index contributed by atoms with van der Waals surface area (Å²) in [7, 11) is 0. The van der Waals surface area contributed by atoms with Crippen molar-refractivity contribution in [2.24, 2.45) is 0 Å². The van der Waals surface area contributed by atoms with Crippen molar-refractivity contribution in [3.05, 3.63) is 66.5 Å². The van der Waals surface area contributed by atoms with E-state index in [1.54, 1.807) is 18.5 Å². The average molecular weight is 281 g/mol. The zero-order valence-electron chi connectivity index (χ0n) is 10.5. The molecule has 0 radical (unpaired) electrons. The highest BCUT2D eigenvalue weighted by atomic mass is 32.1. The molecular weight excluding hydrogens is 270 g/mol. The Kier molecular flexibility index (Phi) is 3.31. The van der Waals surface area contributed by atoms with Gasteiger partial charge in [0.05, 0.1) is 10.4 Å². The maximum absolute atomic E-state index is 11.4. The number of carboxylic acid groups (broad SMARTS) is 1. The van der Waals surface area contributed by atoms with Gasteiger partial charge in [-0.05, 0) is 17.7 Å². The normalized spacial score (nSPS) is 10.4. The maximum Gasteiger partial charge on any atom is 0.337 e. The molecule has 0 amide bonds. The molecule has 0 aliphatic carbocycles. The monoisotopic (exact) mass is 281 g/mol. The van der Waals surface area contributed by atoms with E-state index in [0.717, 1.165) is 20.9 Å². The van der Waals surface area contributed by atoms with Crippen LogP contribution in [0.3, 0.4) is 0 Å². The Hall–Kier alpha value is -2.46. The molecule has 3 nitrogen and oxygen atoms in total. The lowest BCUT2D eigenvalue weighted by Crippen LogP contribution is -1.95. The summed E-state index contributed by atoms with van der Waals surface area (Å²) in [4.78, 5) is 17.2. The Morgan fingerprint density at radius 2 is 1.80 bits per heavy atom. The van der Waals surface area contributed by atoms with Crippen LogP contribution in [0.2, 0.25) is 0 Å². The summed E-state index contributed by atoms with van der Waals surface area (Å²) in [5, 5.41) is 9.37. The first-order valence-corrected chi connectivity index (χ1v) is 6.90. The van der Waals surface area contributed by atoms with Gasteiger partial charge in [-0.15, -0.1) is 11.3 Å². The number of nitrogens with zero attached hydrogens (tertiary/aromatic N) is 1. The fourth-order valence-electron chi connectivity index (χ4n) is 2.01. The first-order valence-electron chi connectivity index (χ1n) is 6.08. The number of rotatable bonds is 3. The van der Waals surface area contributed by atoms with E-state index in [2.05, 4.69) is 4.98 Å². The lowest BCUT2D eigenvalue weighted by molar-refractivity contribution is 0.0698. The van der Waals surface area contributed by atoms with Crippen molar-refractivity contribution < 1.29 is 9.90 Å². The summed E-state index contributed by atoms with van der Waals surface area (Å²) in [6.07, 6.45) is 3.36. The van der Waals surface area contributed by atoms with Gasteiger partial charge in [0.15, 0.2) is 0 Å². The van der Waals surface area contributed by atoms with E-state index in [4.69, 9.17) is 0 Å². The molecule has 0 saturated carbocycles. The number of pyridine rings is 1. The predicted octanol–water partition coefficient (Wildman–Crippen LogP) is 4.18. The van der Waals surface area contributed by atoms with Crippen LogP contribution in [0.15, 0.2) is 60.9 Å². The van der Waals surface area contributed by atoms with Crippen LogP contribution in [0, 0.1) is 0 Å². The van der Waals surface area contributed by atoms with Crippen LogP contribution in [0.1, 0.15) is 10.4 Å². The molecule has 3 rings (SSSR count). The van der Waals surface area contributed by atoms with Gasteiger partial charge in [0.2, 0.25) is 0 Å². The van der Waals surface area contributed by atoms with E-state index >= 15 is 0 Å². The summed E-state index contributed by atoms with van der Waals surface area (Å²) in [6, 6.07) is 15.2. The number of carbonyl (C=O) groups is 1. The molecule has 2 aromatic heterocycles. The van der Waals surface area contributed by atoms with Crippen LogP contribution in [0.4, 0.5) is 0 Å². The smallest absolute Gasteiger partial charge is 0.337 e. The molecule has 2 heterocycles. The highest BCUT2D eigenvalue weighted by Crippen LogP contribution is 2.37. The molecule has 0 atom stereocenters. The molecule has 20 heavy (non-hydrogen) atoms. The third-order valence-corrected chi connectivity index (χ3v) is 4.18. The van der Waals surface area contributed by atoms with Crippen LogP contribution in [-0.4, -0.2) is 16.1 Å². The molecule has 1 aromatic carbocycles. The van der Waals surface area contributed by atoms with E-state index < -0.39 is 5.97 Å². The molecule has 0 aliphatic rings. The topological polar surface area (TPSA) is 50.2 Å². The Labute approximate surface area is 120 Å². The lowest BCUT2D eigenvalue weighted by atomic mass is 10.1. The van der Waals surface area contributed by atoms with Crippen molar-refractivity contribution in [3.8, 4) is 20.9 Å². The highest BCUT2D eigenvalue weighted by molar-refractivity contribution is 7.19. The van der Waals surface area contributed by atoms with Crippen molar-refractivity contribution in [2.45, 2.75) is 0 Å². The summed E-state index contributed by atoms with van der Waals surface area (Å²) in [5.41, 5.74) is 2.18. The minimum atomic E-state index is -0.915. The Balaban J connectivity index is 2.15. The van der Waals surface area contributed by atoms with Crippen LogP contribution >= 0.6 is 11.3 Å². The van der Waals surface area contributed by atoms with Gasteiger partial charge >= 0.3 is 5.97 Å². The molecule has 0 spiro atoms. The van der Waals surface area contributed by atoms with Crippen LogP contribution in [-0.2, 0) is 0 Å². The molecule has 0 saturated heterocycles. The molecule has 0 bridgehead atoms. The number of aromatic nitrogens is 1. The van der Waals surface area contributed by atoms with Crippen molar-refractivity contribution in [1.82, 2.24) is 4.98 Å². The number of carboxylic acids is 1. The molecule has 0 unspecified atom stereocenters. The number of aromatic carboxylic acids is 1. The van der Waals surface area contributed by atoms with Crippen molar-refractivity contribution >= 4 is 17.3 Å². The summed E-state index contributed by atoms with van der Waals surface area (Å²) in [6.45, 7) is 0. The fourth-order valence-corrected chi connectivity index (χ4v) is 3.15. The van der Waals surface area contributed by atoms with E-state index in [1.807, 2.05) is 42.5 Å². The van der Waals surface area contributed by atoms with Crippen molar-refractivity contribution in [1.29, 1.82) is 0 Å². The van der Waals surface area contributed by atoms with E-state index in [9.17, 15) is 9.90 Å². The average Bonchev–Trinajstić information content (AvgIpc) is 2.94. The van der Waals surface area contributed by atoms with Gasteiger partial charge in [-0.3, -0.25) is 4.98 Å². The molecular formula is C16H11NO2S. The quantitative estimate of drug-likeness (QED) is 0.783. The second-order valence-corrected chi connectivity index (χ2v) is 5.32. The zero-order chi connectivity index (χ0) is 13.9. The standard InChI is InChI=1S/C16H11NO2S/c18-16(19)13-9-14(11-5-2-1-3-6-11)20-15(13)12-7-4-8-17-10-12/h1-10H,(H,18,19). The SMILES string of the molecule is O=C(O)c1cc(-c2ccccc2)sc1-c1cccnc1. The summed E-state index contributed by atoms with van der Waals surface area (Å²) >= 11 is 1.47. The van der Waals surface area contributed by atoms with Gasteiger partial charge in [0.25, 0.3) is 0 Å². The van der Waals surface area contributed by atoms with Gasteiger partial charge in [-0.25, -0.2) is 4.79 Å². The largest absolute Gasteiger partial charge is 0.478 e. The molecule has 0 fully saturated rings.